The minimum atomic E-state index is 0.573. The van der Waals surface area contributed by atoms with Crippen LogP contribution in [0.25, 0.3) is 10.9 Å². The SMILES string of the molecule is Cc1c(Cl)ccc2cc(C#N)c(N(C)C)nc12. The molecule has 0 N–H and O–H groups in total. The molecule has 0 radical (unpaired) electrons. The van der Waals surface area contributed by atoms with E-state index in [4.69, 9.17) is 16.9 Å². The highest BCUT2D eigenvalue weighted by Gasteiger charge is 2.11. The maximum atomic E-state index is 9.11. The predicted octanol–water partition coefficient (Wildman–Crippen LogP) is 3.13. The van der Waals surface area contributed by atoms with Gasteiger partial charge in [-0.3, -0.25) is 0 Å². The third kappa shape index (κ3) is 1.92. The van der Waals surface area contributed by atoms with Crippen molar-refractivity contribution in [2.45, 2.75) is 6.92 Å². The molecular formula is C13H12ClN3. The normalized spacial score (nSPS) is 10.3. The maximum Gasteiger partial charge on any atom is 0.146 e. The molecule has 0 saturated heterocycles. The van der Waals surface area contributed by atoms with Gasteiger partial charge in [0.15, 0.2) is 0 Å². The van der Waals surface area contributed by atoms with Gasteiger partial charge in [0.05, 0.1) is 11.1 Å². The van der Waals surface area contributed by atoms with Gasteiger partial charge < -0.3 is 4.90 Å². The zero-order valence-corrected chi connectivity index (χ0v) is 10.7. The molecule has 0 aliphatic rings. The Morgan fingerprint density at radius 3 is 2.65 bits per heavy atom. The Morgan fingerprint density at radius 2 is 2.06 bits per heavy atom. The molecule has 0 bridgehead atoms. The standard InChI is InChI=1S/C13H12ClN3/c1-8-11(14)5-4-9-6-10(7-15)13(17(2)3)16-12(8)9/h4-6H,1-3H3. The van der Waals surface area contributed by atoms with E-state index in [0.717, 1.165) is 16.5 Å². The van der Waals surface area contributed by atoms with Crippen molar-refractivity contribution >= 4 is 28.3 Å². The summed E-state index contributed by atoms with van der Waals surface area (Å²) in [7, 11) is 3.74. The molecule has 1 heterocycles. The van der Waals surface area contributed by atoms with Crippen LogP contribution >= 0.6 is 11.6 Å². The molecule has 0 unspecified atom stereocenters. The lowest BCUT2D eigenvalue weighted by Crippen LogP contribution is -2.12. The third-order valence-electron chi connectivity index (χ3n) is 2.70. The van der Waals surface area contributed by atoms with Crippen LogP contribution in [-0.4, -0.2) is 19.1 Å². The summed E-state index contributed by atoms with van der Waals surface area (Å²) in [6.07, 6.45) is 0. The molecule has 2 aromatic rings. The van der Waals surface area contributed by atoms with Crippen LogP contribution in [0.3, 0.4) is 0 Å². The monoisotopic (exact) mass is 245 g/mol. The highest BCUT2D eigenvalue weighted by atomic mass is 35.5. The zero-order valence-electron chi connectivity index (χ0n) is 9.95. The van der Waals surface area contributed by atoms with Crippen molar-refractivity contribution in [3.8, 4) is 6.07 Å². The van der Waals surface area contributed by atoms with E-state index in [2.05, 4.69) is 11.1 Å². The van der Waals surface area contributed by atoms with Gasteiger partial charge >= 0.3 is 0 Å². The summed E-state index contributed by atoms with van der Waals surface area (Å²) in [5.41, 5.74) is 2.36. The minimum absolute atomic E-state index is 0.573. The van der Waals surface area contributed by atoms with Crippen LogP contribution in [0.4, 0.5) is 5.82 Å². The van der Waals surface area contributed by atoms with Crippen LogP contribution in [0.15, 0.2) is 18.2 Å². The molecule has 2 rings (SSSR count). The van der Waals surface area contributed by atoms with Gasteiger partial charge in [-0.2, -0.15) is 5.26 Å². The van der Waals surface area contributed by atoms with Crippen LogP contribution in [0.1, 0.15) is 11.1 Å². The Labute approximate surface area is 105 Å². The summed E-state index contributed by atoms with van der Waals surface area (Å²) >= 11 is 6.07. The average Bonchev–Trinajstić information content (AvgIpc) is 2.32. The fourth-order valence-corrected chi connectivity index (χ4v) is 1.92. The van der Waals surface area contributed by atoms with Gasteiger partial charge in [0.25, 0.3) is 0 Å². The number of halogens is 1. The van der Waals surface area contributed by atoms with Crippen molar-refractivity contribution in [3.05, 3.63) is 34.3 Å². The molecule has 17 heavy (non-hydrogen) atoms. The van der Waals surface area contributed by atoms with Gasteiger partial charge in [0, 0.05) is 24.5 Å². The first-order valence-corrected chi connectivity index (χ1v) is 5.59. The number of pyridine rings is 1. The van der Waals surface area contributed by atoms with E-state index in [1.165, 1.54) is 0 Å². The molecule has 0 spiro atoms. The second-order valence-electron chi connectivity index (χ2n) is 4.11. The number of hydrogen-bond acceptors (Lipinski definition) is 3. The summed E-state index contributed by atoms with van der Waals surface area (Å²) in [5, 5.41) is 10.7. The number of aromatic nitrogens is 1. The molecule has 1 aromatic heterocycles. The number of hydrogen-bond donors (Lipinski definition) is 0. The van der Waals surface area contributed by atoms with Crippen LogP contribution in [-0.2, 0) is 0 Å². The number of nitriles is 1. The zero-order chi connectivity index (χ0) is 12.6. The van der Waals surface area contributed by atoms with Gasteiger partial charge in [-0.15, -0.1) is 0 Å². The molecule has 1 aromatic carbocycles. The van der Waals surface area contributed by atoms with Crippen LogP contribution in [0.5, 0.6) is 0 Å². The number of rotatable bonds is 1. The van der Waals surface area contributed by atoms with E-state index in [0.29, 0.717) is 16.4 Å². The highest BCUT2D eigenvalue weighted by molar-refractivity contribution is 6.32. The Morgan fingerprint density at radius 1 is 1.35 bits per heavy atom. The quantitative estimate of drug-likeness (QED) is 0.775. The first-order chi connectivity index (χ1) is 8.04. The second-order valence-corrected chi connectivity index (χ2v) is 4.52. The lowest BCUT2D eigenvalue weighted by atomic mass is 10.1. The van der Waals surface area contributed by atoms with Crippen molar-refractivity contribution in [3.63, 3.8) is 0 Å². The largest absolute Gasteiger partial charge is 0.362 e. The van der Waals surface area contributed by atoms with Crippen LogP contribution in [0, 0.1) is 18.3 Å². The maximum absolute atomic E-state index is 9.11. The molecule has 3 nitrogen and oxygen atoms in total. The molecule has 0 atom stereocenters. The van der Waals surface area contributed by atoms with E-state index in [9.17, 15) is 0 Å². The first-order valence-electron chi connectivity index (χ1n) is 5.22. The van der Waals surface area contributed by atoms with Gasteiger partial charge in [0.2, 0.25) is 0 Å². The van der Waals surface area contributed by atoms with Crippen molar-refractivity contribution in [2.75, 3.05) is 19.0 Å². The Kier molecular flexibility index (Phi) is 2.91. The predicted molar refractivity (Wildman–Crippen MR) is 70.5 cm³/mol. The molecule has 0 amide bonds. The second kappa shape index (κ2) is 4.23. The molecule has 0 aliphatic heterocycles. The lowest BCUT2D eigenvalue weighted by Gasteiger charge is -2.14. The van der Waals surface area contributed by atoms with Crippen molar-refractivity contribution in [1.29, 1.82) is 5.26 Å². The minimum Gasteiger partial charge on any atom is -0.362 e. The number of aryl methyl sites for hydroxylation is 1. The van der Waals surface area contributed by atoms with Gasteiger partial charge in [-0.25, -0.2) is 4.98 Å². The van der Waals surface area contributed by atoms with Crippen molar-refractivity contribution < 1.29 is 0 Å². The van der Waals surface area contributed by atoms with E-state index in [1.54, 1.807) is 0 Å². The van der Waals surface area contributed by atoms with Crippen LogP contribution < -0.4 is 4.90 Å². The number of nitrogens with zero attached hydrogens (tertiary/aromatic N) is 3. The topological polar surface area (TPSA) is 39.9 Å². The third-order valence-corrected chi connectivity index (χ3v) is 3.11. The summed E-state index contributed by atoms with van der Waals surface area (Å²) in [4.78, 5) is 6.36. The van der Waals surface area contributed by atoms with E-state index in [-0.39, 0.29) is 0 Å². The van der Waals surface area contributed by atoms with Crippen LogP contribution in [0.2, 0.25) is 5.02 Å². The fourth-order valence-electron chi connectivity index (χ4n) is 1.77. The molecule has 0 saturated carbocycles. The number of anilines is 1. The molecular weight excluding hydrogens is 234 g/mol. The Balaban J connectivity index is 2.85. The molecule has 0 fully saturated rings. The fraction of sp³-hybridized carbons (Fsp3) is 0.231. The molecule has 0 aliphatic carbocycles. The highest BCUT2D eigenvalue weighted by Crippen LogP contribution is 2.27. The summed E-state index contributed by atoms with van der Waals surface area (Å²) in [6.45, 7) is 1.93. The summed E-state index contributed by atoms with van der Waals surface area (Å²) in [5.74, 6) is 0.672. The Bertz CT molecular complexity index is 627. The smallest absolute Gasteiger partial charge is 0.146 e. The number of fused-ring (bicyclic) bond motifs is 1. The van der Waals surface area contributed by atoms with Gasteiger partial charge in [-0.05, 0) is 24.6 Å². The Hall–Kier alpha value is -1.79. The van der Waals surface area contributed by atoms with E-state index >= 15 is 0 Å². The molecule has 86 valence electrons. The number of benzene rings is 1. The molecule has 4 heteroatoms. The first kappa shape index (κ1) is 11.7. The summed E-state index contributed by atoms with van der Waals surface area (Å²) in [6, 6.07) is 7.73. The average molecular weight is 246 g/mol. The lowest BCUT2D eigenvalue weighted by molar-refractivity contribution is 1.07. The van der Waals surface area contributed by atoms with E-state index in [1.807, 2.05) is 44.1 Å². The van der Waals surface area contributed by atoms with E-state index < -0.39 is 0 Å². The summed E-state index contributed by atoms with van der Waals surface area (Å²) < 4.78 is 0. The van der Waals surface area contributed by atoms with Gasteiger partial charge in [-0.1, -0.05) is 17.7 Å². The van der Waals surface area contributed by atoms with Crippen molar-refractivity contribution in [2.24, 2.45) is 0 Å². The van der Waals surface area contributed by atoms with Crippen molar-refractivity contribution in [1.82, 2.24) is 4.98 Å². The van der Waals surface area contributed by atoms with Gasteiger partial charge in [0.1, 0.15) is 11.9 Å².